The van der Waals surface area contributed by atoms with Crippen LogP contribution in [0.2, 0.25) is 0 Å². The second kappa shape index (κ2) is 4.84. The van der Waals surface area contributed by atoms with Crippen LogP contribution in [-0.2, 0) is 6.18 Å². The number of aromatic hydroxyl groups is 1. The van der Waals surface area contributed by atoms with Gasteiger partial charge in [0.2, 0.25) is 0 Å². The maximum absolute atomic E-state index is 12.6. The average molecular weight is 268 g/mol. The second-order valence-corrected chi connectivity index (χ2v) is 3.96. The zero-order valence-electron chi connectivity index (χ0n) is 10.0. The van der Waals surface area contributed by atoms with E-state index in [9.17, 15) is 18.3 Å². The molecule has 2 aromatic carbocycles. The lowest BCUT2D eigenvalue weighted by atomic mass is 10.0. The number of ether oxygens (including phenoxy) is 1. The van der Waals surface area contributed by atoms with Crippen molar-refractivity contribution in [2.75, 3.05) is 7.11 Å². The molecule has 0 saturated carbocycles. The van der Waals surface area contributed by atoms with Gasteiger partial charge in [0, 0.05) is 5.56 Å². The van der Waals surface area contributed by atoms with E-state index in [0.717, 1.165) is 18.2 Å². The highest BCUT2D eigenvalue weighted by atomic mass is 19.4. The molecule has 0 fully saturated rings. The summed E-state index contributed by atoms with van der Waals surface area (Å²) >= 11 is 0. The van der Waals surface area contributed by atoms with Crippen LogP contribution in [0.25, 0.3) is 11.1 Å². The minimum Gasteiger partial charge on any atom is -0.507 e. The highest BCUT2D eigenvalue weighted by Crippen LogP contribution is 2.36. The van der Waals surface area contributed by atoms with E-state index in [4.69, 9.17) is 4.74 Å². The topological polar surface area (TPSA) is 29.5 Å². The quantitative estimate of drug-likeness (QED) is 0.889. The molecule has 0 saturated heterocycles. The molecule has 0 amide bonds. The molecule has 2 nitrogen and oxygen atoms in total. The third-order valence-electron chi connectivity index (χ3n) is 2.72. The molecule has 0 aliphatic rings. The van der Waals surface area contributed by atoms with Gasteiger partial charge in [-0.05, 0) is 35.9 Å². The number of phenols is 1. The zero-order chi connectivity index (χ0) is 14.0. The van der Waals surface area contributed by atoms with Gasteiger partial charge < -0.3 is 9.84 Å². The minimum atomic E-state index is -4.44. The number of benzene rings is 2. The summed E-state index contributed by atoms with van der Waals surface area (Å²) < 4.78 is 42.9. The summed E-state index contributed by atoms with van der Waals surface area (Å²) in [6.45, 7) is 0. The van der Waals surface area contributed by atoms with Gasteiger partial charge in [0.15, 0.2) is 0 Å². The number of hydrogen-bond acceptors (Lipinski definition) is 2. The Hall–Kier alpha value is -2.17. The first-order valence-corrected chi connectivity index (χ1v) is 5.46. The fourth-order valence-electron chi connectivity index (χ4n) is 1.71. The predicted molar refractivity (Wildman–Crippen MR) is 65.1 cm³/mol. The number of halogens is 3. The first-order valence-electron chi connectivity index (χ1n) is 5.46. The molecule has 0 aromatic heterocycles. The molecule has 0 radical (unpaired) electrons. The Labute approximate surface area is 108 Å². The monoisotopic (exact) mass is 268 g/mol. The van der Waals surface area contributed by atoms with Crippen LogP contribution < -0.4 is 4.74 Å². The van der Waals surface area contributed by atoms with Crippen molar-refractivity contribution in [2.24, 2.45) is 0 Å². The van der Waals surface area contributed by atoms with E-state index in [-0.39, 0.29) is 11.3 Å². The first kappa shape index (κ1) is 13.3. The Bertz CT molecular complexity index is 574. The lowest BCUT2D eigenvalue weighted by molar-refractivity contribution is -0.137. The molecule has 100 valence electrons. The molecule has 0 bridgehead atoms. The van der Waals surface area contributed by atoms with Gasteiger partial charge in [-0.1, -0.05) is 12.1 Å². The number of methoxy groups -OCH3 is 1. The van der Waals surface area contributed by atoms with Gasteiger partial charge in [-0.15, -0.1) is 0 Å². The summed E-state index contributed by atoms with van der Waals surface area (Å²) in [4.78, 5) is 0. The molecule has 1 N–H and O–H groups in total. The summed E-state index contributed by atoms with van der Waals surface area (Å²) in [5.74, 6) is 0.397. The van der Waals surface area contributed by atoms with E-state index < -0.39 is 11.7 Å². The van der Waals surface area contributed by atoms with E-state index in [1.54, 1.807) is 24.3 Å². The average Bonchev–Trinajstić information content (AvgIpc) is 2.38. The summed E-state index contributed by atoms with van der Waals surface area (Å²) in [5, 5.41) is 9.68. The van der Waals surface area contributed by atoms with E-state index >= 15 is 0 Å². The number of alkyl halides is 3. The van der Waals surface area contributed by atoms with Crippen LogP contribution in [0.15, 0.2) is 42.5 Å². The van der Waals surface area contributed by atoms with Crippen molar-refractivity contribution in [3.63, 3.8) is 0 Å². The van der Waals surface area contributed by atoms with Crippen LogP contribution in [-0.4, -0.2) is 12.2 Å². The lowest BCUT2D eigenvalue weighted by Gasteiger charge is -2.11. The fourth-order valence-corrected chi connectivity index (χ4v) is 1.71. The van der Waals surface area contributed by atoms with Crippen LogP contribution in [0.1, 0.15) is 5.56 Å². The van der Waals surface area contributed by atoms with Crippen molar-refractivity contribution < 1.29 is 23.0 Å². The predicted octanol–water partition coefficient (Wildman–Crippen LogP) is 4.09. The molecule has 0 heterocycles. The molecule has 5 heteroatoms. The van der Waals surface area contributed by atoms with Crippen LogP contribution in [0.5, 0.6) is 11.5 Å². The Morgan fingerprint density at radius 2 is 1.63 bits per heavy atom. The van der Waals surface area contributed by atoms with Gasteiger partial charge in [0.1, 0.15) is 11.5 Å². The zero-order valence-corrected chi connectivity index (χ0v) is 10.0. The molecule has 0 aliphatic carbocycles. The van der Waals surface area contributed by atoms with Gasteiger partial charge in [0.25, 0.3) is 0 Å². The van der Waals surface area contributed by atoms with Gasteiger partial charge in [0.05, 0.1) is 12.7 Å². The van der Waals surface area contributed by atoms with E-state index in [2.05, 4.69) is 0 Å². The molecule has 2 rings (SSSR count). The summed E-state index contributed by atoms with van der Waals surface area (Å²) in [6.07, 6.45) is -4.44. The lowest BCUT2D eigenvalue weighted by Crippen LogP contribution is -2.04. The molecule has 19 heavy (non-hydrogen) atoms. The molecule has 0 atom stereocenters. The van der Waals surface area contributed by atoms with Crippen molar-refractivity contribution in [2.45, 2.75) is 6.18 Å². The van der Waals surface area contributed by atoms with Crippen molar-refractivity contribution in [3.8, 4) is 22.6 Å². The van der Waals surface area contributed by atoms with Gasteiger partial charge in [-0.3, -0.25) is 0 Å². The molecular formula is C14H11F3O2. The largest absolute Gasteiger partial charge is 0.507 e. The normalized spacial score (nSPS) is 11.4. The maximum atomic E-state index is 12.6. The third kappa shape index (κ3) is 2.81. The van der Waals surface area contributed by atoms with E-state index in [1.165, 1.54) is 7.11 Å². The van der Waals surface area contributed by atoms with Gasteiger partial charge >= 0.3 is 6.18 Å². The van der Waals surface area contributed by atoms with E-state index in [0.29, 0.717) is 11.3 Å². The minimum absolute atomic E-state index is 0.137. The Balaban J connectivity index is 2.48. The van der Waals surface area contributed by atoms with Crippen LogP contribution >= 0.6 is 0 Å². The van der Waals surface area contributed by atoms with Crippen molar-refractivity contribution in [1.29, 1.82) is 0 Å². The maximum Gasteiger partial charge on any atom is 0.416 e. The second-order valence-electron chi connectivity index (χ2n) is 3.96. The highest BCUT2D eigenvalue weighted by molar-refractivity contribution is 5.71. The fraction of sp³-hybridized carbons (Fsp3) is 0.143. The summed E-state index contributed by atoms with van der Waals surface area (Å²) in [7, 11) is 1.50. The highest BCUT2D eigenvalue weighted by Gasteiger charge is 2.31. The van der Waals surface area contributed by atoms with Gasteiger partial charge in [-0.2, -0.15) is 13.2 Å². The number of hydrogen-bond donors (Lipinski definition) is 1. The summed E-state index contributed by atoms with van der Waals surface area (Å²) in [5.41, 5.74) is -0.169. The van der Waals surface area contributed by atoms with Crippen LogP contribution in [0.4, 0.5) is 13.2 Å². The molecule has 2 aromatic rings. The number of rotatable bonds is 2. The van der Waals surface area contributed by atoms with E-state index in [1.807, 2.05) is 0 Å². The Kier molecular flexibility index (Phi) is 3.38. The van der Waals surface area contributed by atoms with Crippen LogP contribution in [0.3, 0.4) is 0 Å². The van der Waals surface area contributed by atoms with Crippen molar-refractivity contribution in [1.82, 2.24) is 0 Å². The van der Waals surface area contributed by atoms with Crippen LogP contribution in [0, 0.1) is 0 Å². The molecule has 0 aliphatic heterocycles. The standard InChI is InChI=1S/C14H11F3O2/c1-19-11-5-2-9(3-6-11)12-8-10(14(15,16)17)4-7-13(12)18/h2-8,18H,1H3. The summed E-state index contributed by atoms with van der Waals surface area (Å²) in [6, 6.07) is 9.24. The SMILES string of the molecule is COc1ccc(-c2cc(C(F)(F)F)ccc2O)cc1. The van der Waals surface area contributed by atoms with Gasteiger partial charge in [-0.25, -0.2) is 0 Å². The molecule has 0 spiro atoms. The van der Waals surface area contributed by atoms with Crippen molar-refractivity contribution in [3.05, 3.63) is 48.0 Å². The third-order valence-corrected chi connectivity index (χ3v) is 2.72. The molecule has 0 unspecified atom stereocenters. The number of phenolic OH excluding ortho intramolecular Hbond substituents is 1. The van der Waals surface area contributed by atoms with Crippen molar-refractivity contribution >= 4 is 0 Å². The Morgan fingerprint density at radius 1 is 1.00 bits per heavy atom. The Morgan fingerprint density at radius 3 is 2.16 bits per heavy atom. The molecular weight excluding hydrogens is 257 g/mol. The first-order chi connectivity index (χ1) is 8.91. The smallest absolute Gasteiger partial charge is 0.416 e.